The first-order valence-corrected chi connectivity index (χ1v) is 6.62. The highest BCUT2D eigenvalue weighted by Crippen LogP contribution is 2.21. The molecule has 0 saturated heterocycles. The van der Waals surface area contributed by atoms with Gasteiger partial charge in [0, 0.05) is 12.1 Å². The SMILES string of the molecule is CC(C)CNCc1cc(F)ccc1OCC(C)(C)O. The van der Waals surface area contributed by atoms with Crippen LogP contribution in [0.3, 0.4) is 0 Å². The highest BCUT2D eigenvalue weighted by Gasteiger charge is 2.15. The Morgan fingerprint density at radius 2 is 2.05 bits per heavy atom. The van der Waals surface area contributed by atoms with E-state index in [9.17, 15) is 9.50 Å². The molecule has 0 unspecified atom stereocenters. The summed E-state index contributed by atoms with van der Waals surface area (Å²) in [4.78, 5) is 0. The van der Waals surface area contributed by atoms with E-state index < -0.39 is 5.60 Å². The van der Waals surface area contributed by atoms with Crippen molar-refractivity contribution in [1.82, 2.24) is 5.32 Å². The van der Waals surface area contributed by atoms with E-state index in [4.69, 9.17) is 4.74 Å². The molecule has 108 valence electrons. The molecule has 0 radical (unpaired) electrons. The van der Waals surface area contributed by atoms with Gasteiger partial charge in [-0.25, -0.2) is 4.39 Å². The van der Waals surface area contributed by atoms with Gasteiger partial charge in [-0.15, -0.1) is 0 Å². The van der Waals surface area contributed by atoms with Crippen LogP contribution >= 0.6 is 0 Å². The van der Waals surface area contributed by atoms with Gasteiger partial charge in [0.15, 0.2) is 0 Å². The molecule has 2 N–H and O–H groups in total. The first kappa shape index (κ1) is 15.9. The van der Waals surface area contributed by atoms with Crippen LogP contribution in [-0.2, 0) is 6.54 Å². The summed E-state index contributed by atoms with van der Waals surface area (Å²) in [6.45, 7) is 9.17. The van der Waals surface area contributed by atoms with E-state index in [1.807, 2.05) is 0 Å². The third-order valence-electron chi connectivity index (χ3n) is 2.47. The molecule has 0 amide bonds. The summed E-state index contributed by atoms with van der Waals surface area (Å²) in [6, 6.07) is 4.44. The fraction of sp³-hybridized carbons (Fsp3) is 0.600. The molecule has 0 saturated carbocycles. The normalized spacial score (nSPS) is 11.9. The van der Waals surface area contributed by atoms with Crippen LogP contribution in [0.25, 0.3) is 0 Å². The molecule has 0 heterocycles. The zero-order valence-corrected chi connectivity index (χ0v) is 12.2. The zero-order chi connectivity index (χ0) is 14.5. The van der Waals surface area contributed by atoms with Crippen molar-refractivity contribution in [2.45, 2.75) is 39.8 Å². The minimum atomic E-state index is -0.906. The second-order valence-corrected chi connectivity index (χ2v) is 5.88. The largest absolute Gasteiger partial charge is 0.490 e. The Bertz CT molecular complexity index is 400. The van der Waals surface area contributed by atoms with E-state index in [1.165, 1.54) is 12.1 Å². The van der Waals surface area contributed by atoms with Crippen LogP contribution in [0.5, 0.6) is 5.75 Å². The number of hydrogen-bond acceptors (Lipinski definition) is 3. The third kappa shape index (κ3) is 6.55. The van der Waals surface area contributed by atoms with E-state index in [2.05, 4.69) is 19.2 Å². The van der Waals surface area contributed by atoms with E-state index in [0.717, 1.165) is 12.1 Å². The van der Waals surface area contributed by atoms with Crippen molar-refractivity contribution in [3.8, 4) is 5.75 Å². The van der Waals surface area contributed by atoms with Crippen LogP contribution < -0.4 is 10.1 Å². The Kier molecular flexibility index (Phi) is 5.76. The van der Waals surface area contributed by atoms with Crippen molar-refractivity contribution in [3.05, 3.63) is 29.6 Å². The van der Waals surface area contributed by atoms with Gasteiger partial charge in [0.2, 0.25) is 0 Å². The molecule has 4 heteroatoms. The monoisotopic (exact) mass is 269 g/mol. The Hall–Kier alpha value is -1.13. The lowest BCUT2D eigenvalue weighted by Crippen LogP contribution is -2.28. The molecule has 0 aromatic heterocycles. The van der Waals surface area contributed by atoms with Gasteiger partial charge in [0.05, 0.1) is 5.60 Å². The van der Waals surface area contributed by atoms with Crippen molar-refractivity contribution >= 4 is 0 Å². The van der Waals surface area contributed by atoms with Crippen LogP contribution in [0.4, 0.5) is 4.39 Å². The molecule has 0 spiro atoms. The molecule has 1 rings (SSSR count). The maximum Gasteiger partial charge on any atom is 0.124 e. The van der Waals surface area contributed by atoms with Gasteiger partial charge in [-0.05, 0) is 44.5 Å². The summed E-state index contributed by atoms with van der Waals surface area (Å²) in [5, 5.41) is 12.9. The number of nitrogens with one attached hydrogen (secondary N) is 1. The molecular weight excluding hydrogens is 245 g/mol. The van der Waals surface area contributed by atoms with Crippen LogP contribution in [0, 0.1) is 11.7 Å². The van der Waals surface area contributed by atoms with Crippen molar-refractivity contribution in [2.24, 2.45) is 5.92 Å². The topological polar surface area (TPSA) is 41.5 Å². The molecule has 0 bridgehead atoms. The summed E-state index contributed by atoms with van der Waals surface area (Å²) in [7, 11) is 0. The van der Waals surface area contributed by atoms with Crippen LogP contribution in [0.1, 0.15) is 33.3 Å². The molecule has 0 atom stereocenters. The van der Waals surface area contributed by atoms with Crippen LogP contribution in [-0.4, -0.2) is 23.9 Å². The number of aliphatic hydroxyl groups is 1. The lowest BCUT2D eigenvalue weighted by Gasteiger charge is -2.20. The van der Waals surface area contributed by atoms with Gasteiger partial charge in [-0.1, -0.05) is 13.8 Å². The molecule has 19 heavy (non-hydrogen) atoms. The lowest BCUT2D eigenvalue weighted by atomic mass is 10.1. The quantitative estimate of drug-likeness (QED) is 0.799. The van der Waals surface area contributed by atoms with Gasteiger partial charge >= 0.3 is 0 Å². The summed E-state index contributed by atoms with van der Waals surface area (Å²) < 4.78 is 18.8. The number of ether oxygens (including phenoxy) is 1. The summed E-state index contributed by atoms with van der Waals surface area (Å²) in [5.41, 5.74) is -0.137. The summed E-state index contributed by atoms with van der Waals surface area (Å²) in [5.74, 6) is 0.867. The van der Waals surface area contributed by atoms with Gasteiger partial charge in [-0.3, -0.25) is 0 Å². The lowest BCUT2D eigenvalue weighted by molar-refractivity contribution is 0.0281. The summed E-state index contributed by atoms with van der Waals surface area (Å²) >= 11 is 0. The Balaban J connectivity index is 2.68. The van der Waals surface area contributed by atoms with E-state index in [1.54, 1.807) is 19.9 Å². The average molecular weight is 269 g/mol. The molecule has 0 fully saturated rings. The van der Waals surface area contributed by atoms with Crippen molar-refractivity contribution in [1.29, 1.82) is 0 Å². The van der Waals surface area contributed by atoms with Crippen molar-refractivity contribution in [3.63, 3.8) is 0 Å². The average Bonchev–Trinajstić information content (AvgIpc) is 2.26. The number of hydrogen-bond donors (Lipinski definition) is 2. The molecule has 0 aliphatic rings. The first-order valence-electron chi connectivity index (χ1n) is 6.62. The Morgan fingerprint density at radius 3 is 2.63 bits per heavy atom. The second-order valence-electron chi connectivity index (χ2n) is 5.88. The predicted molar refractivity (Wildman–Crippen MR) is 74.7 cm³/mol. The fourth-order valence-corrected chi connectivity index (χ4v) is 1.58. The first-order chi connectivity index (χ1) is 8.78. The van der Waals surface area contributed by atoms with Gasteiger partial charge in [-0.2, -0.15) is 0 Å². The molecular formula is C15H24FNO2. The Labute approximate surface area is 114 Å². The molecule has 1 aromatic carbocycles. The van der Waals surface area contributed by atoms with Gasteiger partial charge < -0.3 is 15.2 Å². The Morgan fingerprint density at radius 1 is 1.37 bits per heavy atom. The van der Waals surface area contributed by atoms with E-state index in [-0.39, 0.29) is 12.4 Å². The maximum absolute atomic E-state index is 13.3. The highest BCUT2D eigenvalue weighted by molar-refractivity contribution is 5.34. The predicted octanol–water partition coefficient (Wildman–Crippen LogP) is 2.72. The van der Waals surface area contributed by atoms with Gasteiger partial charge in [0.1, 0.15) is 18.2 Å². The maximum atomic E-state index is 13.3. The minimum absolute atomic E-state index is 0.176. The second kappa shape index (κ2) is 6.87. The fourth-order valence-electron chi connectivity index (χ4n) is 1.58. The number of benzene rings is 1. The highest BCUT2D eigenvalue weighted by atomic mass is 19.1. The van der Waals surface area contributed by atoms with E-state index in [0.29, 0.717) is 18.2 Å². The molecule has 0 aliphatic heterocycles. The zero-order valence-electron chi connectivity index (χ0n) is 12.2. The third-order valence-corrected chi connectivity index (χ3v) is 2.47. The molecule has 0 aliphatic carbocycles. The van der Waals surface area contributed by atoms with E-state index >= 15 is 0 Å². The van der Waals surface area contributed by atoms with Crippen LogP contribution in [0.2, 0.25) is 0 Å². The molecule has 1 aromatic rings. The number of rotatable bonds is 7. The smallest absolute Gasteiger partial charge is 0.124 e. The van der Waals surface area contributed by atoms with Crippen molar-refractivity contribution in [2.75, 3.05) is 13.2 Å². The summed E-state index contributed by atoms with van der Waals surface area (Å²) in [6.07, 6.45) is 0. The minimum Gasteiger partial charge on any atom is -0.490 e. The molecule has 3 nitrogen and oxygen atoms in total. The number of halogens is 1. The van der Waals surface area contributed by atoms with Crippen LogP contribution in [0.15, 0.2) is 18.2 Å². The van der Waals surface area contributed by atoms with Gasteiger partial charge in [0.25, 0.3) is 0 Å². The van der Waals surface area contributed by atoms with Crippen molar-refractivity contribution < 1.29 is 14.2 Å². The standard InChI is InChI=1S/C15H24FNO2/c1-11(2)8-17-9-12-7-13(16)5-6-14(12)19-10-15(3,4)18/h5-7,11,17-18H,8-10H2,1-4H3.